The fourth-order valence-corrected chi connectivity index (χ4v) is 1.79. The second kappa shape index (κ2) is 5.50. The van der Waals surface area contributed by atoms with Crippen LogP contribution in [0.15, 0.2) is 41.0 Å². The van der Waals surface area contributed by atoms with Crippen LogP contribution in [0.2, 0.25) is 5.02 Å². The maximum absolute atomic E-state index is 11.9. The van der Waals surface area contributed by atoms with E-state index in [4.69, 9.17) is 11.6 Å². The minimum absolute atomic E-state index is 0.262. The van der Waals surface area contributed by atoms with Crippen molar-refractivity contribution in [2.75, 3.05) is 5.32 Å². The van der Waals surface area contributed by atoms with Crippen LogP contribution in [-0.4, -0.2) is 10.9 Å². The lowest BCUT2D eigenvalue weighted by molar-refractivity contribution is 0.102. The second-order valence-electron chi connectivity index (χ2n) is 3.78. The third-order valence-corrected chi connectivity index (χ3v) is 3.27. The number of aryl methyl sites for hydroxylation is 1. The van der Waals surface area contributed by atoms with Gasteiger partial charge in [0.2, 0.25) is 0 Å². The fourth-order valence-electron chi connectivity index (χ4n) is 1.38. The van der Waals surface area contributed by atoms with Crippen LogP contribution in [0.4, 0.5) is 5.69 Å². The van der Waals surface area contributed by atoms with Gasteiger partial charge >= 0.3 is 0 Å². The van der Waals surface area contributed by atoms with Crippen molar-refractivity contribution < 1.29 is 4.79 Å². The van der Waals surface area contributed by atoms with Crippen LogP contribution < -0.4 is 5.32 Å². The zero-order valence-corrected chi connectivity index (χ0v) is 11.9. The Balaban J connectivity index is 2.16. The molecule has 0 aliphatic carbocycles. The third kappa shape index (κ3) is 3.09. The van der Waals surface area contributed by atoms with E-state index in [9.17, 15) is 4.79 Å². The Bertz CT molecular complexity index is 584. The molecule has 0 fully saturated rings. The molecule has 1 aromatic carbocycles. The van der Waals surface area contributed by atoms with Gasteiger partial charge in [-0.3, -0.25) is 4.79 Å². The SMILES string of the molecule is Cc1ccc(NC(=O)c2ccc(Br)cn2)cc1Cl. The number of carbonyl (C=O) groups excluding carboxylic acids is 1. The first-order valence-corrected chi connectivity index (χ1v) is 6.42. The molecule has 0 atom stereocenters. The van der Waals surface area contributed by atoms with Gasteiger partial charge in [0.1, 0.15) is 5.69 Å². The number of amides is 1. The lowest BCUT2D eigenvalue weighted by Crippen LogP contribution is -2.13. The molecule has 0 spiro atoms. The summed E-state index contributed by atoms with van der Waals surface area (Å²) in [5.74, 6) is -0.262. The lowest BCUT2D eigenvalue weighted by atomic mass is 10.2. The molecule has 1 N–H and O–H groups in total. The highest BCUT2D eigenvalue weighted by Gasteiger charge is 2.08. The molecule has 5 heteroatoms. The first-order chi connectivity index (χ1) is 8.56. The molecule has 0 aliphatic heterocycles. The van der Waals surface area contributed by atoms with Gasteiger partial charge in [0.15, 0.2) is 0 Å². The fraction of sp³-hybridized carbons (Fsp3) is 0.0769. The molecule has 2 rings (SSSR count). The molecule has 2 aromatic rings. The van der Waals surface area contributed by atoms with Crippen molar-refractivity contribution in [2.45, 2.75) is 6.92 Å². The predicted molar refractivity (Wildman–Crippen MR) is 76.1 cm³/mol. The van der Waals surface area contributed by atoms with Gasteiger partial charge in [-0.15, -0.1) is 0 Å². The number of anilines is 1. The van der Waals surface area contributed by atoms with Crippen molar-refractivity contribution in [1.82, 2.24) is 4.98 Å². The van der Waals surface area contributed by atoms with Crippen molar-refractivity contribution in [3.05, 3.63) is 57.3 Å². The molecule has 0 aliphatic rings. The molecule has 0 bridgehead atoms. The zero-order valence-electron chi connectivity index (χ0n) is 9.58. The number of carbonyl (C=O) groups is 1. The highest BCUT2D eigenvalue weighted by Crippen LogP contribution is 2.20. The summed E-state index contributed by atoms with van der Waals surface area (Å²) < 4.78 is 0.831. The number of hydrogen-bond donors (Lipinski definition) is 1. The lowest BCUT2D eigenvalue weighted by Gasteiger charge is -2.06. The predicted octanol–water partition coefficient (Wildman–Crippen LogP) is 4.06. The van der Waals surface area contributed by atoms with Gasteiger partial charge in [0, 0.05) is 21.4 Å². The maximum atomic E-state index is 11.9. The Morgan fingerprint density at radius 3 is 2.72 bits per heavy atom. The van der Waals surface area contributed by atoms with Crippen LogP contribution in [-0.2, 0) is 0 Å². The summed E-state index contributed by atoms with van der Waals surface area (Å²) in [5, 5.41) is 3.37. The summed E-state index contributed by atoms with van der Waals surface area (Å²) in [5.41, 5.74) is 1.98. The van der Waals surface area contributed by atoms with E-state index in [0.717, 1.165) is 10.0 Å². The van der Waals surface area contributed by atoms with E-state index in [2.05, 4.69) is 26.2 Å². The summed E-state index contributed by atoms with van der Waals surface area (Å²) >= 11 is 9.26. The number of aromatic nitrogens is 1. The monoisotopic (exact) mass is 324 g/mol. The molecule has 92 valence electrons. The highest BCUT2D eigenvalue weighted by molar-refractivity contribution is 9.10. The van der Waals surface area contributed by atoms with Gasteiger partial charge in [-0.25, -0.2) is 4.98 Å². The van der Waals surface area contributed by atoms with Gasteiger partial charge in [-0.1, -0.05) is 17.7 Å². The first kappa shape index (κ1) is 13.1. The molecule has 0 saturated heterocycles. The first-order valence-electron chi connectivity index (χ1n) is 5.25. The number of nitrogens with zero attached hydrogens (tertiary/aromatic N) is 1. The number of halogens is 2. The summed E-state index contributed by atoms with van der Waals surface area (Å²) in [6.07, 6.45) is 1.58. The van der Waals surface area contributed by atoms with E-state index in [-0.39, 0.29) is 5.91 Å². The Morgan fingerprint density at radius 1 is 1.33 bits per heavy atom. The van der Waals surface area contributed by atoms with Crippen molar-refractivity contribution >= 4 is 39.1 Å². The number of benzene rings is 1. The number of hydrogen-bond acceptors (Lipinski definition) is 2. The molecule has 1 amide bonds. The topological polar surface area (TPSA) is 42.0 Å². The average molecular weight is 326 g/mol. The Kier molecular flexibility index (Phi) is 3.99. The minimum atomic E-state index is -0.262. The van der Waals surface area contributed by atoms with E-state index in [1.165, 1.54) is 0 Å². The molecular weight excluding hydrogens is 316 g/mol. The summed E-state index contributed by atoms with van der Waals surface area (Å²) in [7, 11) is 0. The Hall–Kier alpha value is -1.39. The minimum Gasteiger partial charge on any atom is -0.321 e. The van der Waals surface area contributed by atoms with E-state index < -0.39 is 0 Å². The molecule has 1 heterocycles. The molecule has 1 aromatic heterocycles. The van der Waals surface area contributed by atoms with Crippen LogP contribution >= 0.6 is 27.5 Å². The van der Waals surface area contributed by atoms with Crippen LogP contribution in [0.1, 0.15) is 16.1 Å². The van der Waals surface area contributed by atoms with E-state index in [1.807, 2.05) is 13.0 Å². The highest BCUT2D eigenvalue weighted by atomic mass is 79.9. The van der Waals surface area contributed by atoms with Crippen molar-refractivity contribution in [1.29, 1.82) is 0 Å². The summed E-state index contributed by atoms with van der Waals surface area (Å²) in [4.78, 5) is 15.9. The maximum Gasteiger partial charge on any atom is 0.274 e. The van der Waals surface area contributed by atoms with Crippen molar-refractivity contribution in [2.24, 2.45) is 0 Å². The Morgan fingerprint density at radius 2 is 2.11 bits per heavy atom. The second-order valence-corrected chi connectivity index (χ2v) is 5.10. The van der Waals surface area contributed by atoms with Gasteiger partial charge < -0.3 is 5.32 Å². The number of nitrogens with one attached hydrogen (secondary N) is 1. The molecular formula is C13H10BrClN2O. The summed E-state index contributed by atoms with van der Waals surface area (Å²) in [6, 6.07) is 8.79. The van der Waals surface area contributed by atoms with Crippen molar-refractivity contribution in [3.63, 3.8) is 0 Å². The normalized spacial score (nSPS) is 10.2. The molecule has 0 radical (unpaired) electrons. The Labute approximate surface area is 118 Å². The van der Waals surface area contributed by atoms with E-state index in [1.54, 1.807) is 30.5 Å². The zero-order chi connectivity index (χ0) is 13.1. The van der Waals surface area contributed by atoms with Gasteiger partial charge in [0.25, 0.3) is 5.91 Å². The summed E-state index contributed by atoms with van der Waals surface area (Å²) in [6.45, 7) is 1.91. The van der Waals surface area contributed by atoms with Crippen LogP contribution in [0, 0.1) is 6.92 Å². The van der Waals surface area contributed by atoms with Gasteiger partial charge in [-0.05, 0) is 52.7 Å². The van der Waals surface area contributed by atoms with E-state index >= 15 is 0 Å². The quantitative estimate of drug-likeness (QED) is 0.905. The van der Waals surface area contributed by atoms with Crippen molar-refractivity contribution in [3.8, 4) is 0 Å². The third-order valence-electron chi connectivity index (χ3n) is 2.39. The van der Waals surface area contributed by atoms with Gasteiger partial charge in [-0.2, -0.15) is 0 Å². The van der Waals surface area contributed by atoms with E-state index in [0.29, 0.717) is 16.4 Å². The number of pyridine rings is 1. The van der Waals surface area contributed by atoms with Crippen LogP contribution in [0.3, 0.4) is 0 Å². The number of rotatable bonds is 2. The van der Waals surface area contributed by atoms with Crippen LogP contribution in [0.5, 0.6) is 0 Å². The molecule has 18 heavy (non-hydrogen) atoms. The molecule has 0 unspecified atom stereocenters. The average Bonchev–Trinajstić information content (AvgIpc) is 2.34. The molecule has 3 nitrogen and oxygen atoms in total. The largest absolute Gasteiger partial charge is 0.321 e. The smallest absolute Gasteiger partial charge is 0.274 e. The standard InChI is InChI=1S/C13H10BrClN2O/c1-8-2-4-10(6-11(8)15)17-13(18)12-5-3-9(14)7-16-12/h2-7H,1H3,(H,17,18). The molecule has 0 saturated carbocycles. The van der Waals surface area contributed by atoms with Crippen LogP contribution in [0.25, 0.3) is 0 Å². The van der Waals surface area contributed by atoms with Gasteiger partial charge in [0.05, 0.1) is 0 Å².